The molecule has 1 amide bonds. The van der Waals surface area contributed by atoms with E-state index in [4.69, 9.17) is 4.74 Å². The first-order valence-electron chi connectivity index (χ1n) is 8.90. The number of hydrogen-bond donors (Lipinski definition) is 1. The van der Waals surface area contributed by atoms with Crippen LogP contribution in [0.5, 0.6) is 0 Å². The van der Waals surface area contributed by atoms with Crippen molar-refractivity contribution in [3.63, 3.8) is 0 Å². The minimum atomic E-state index is -0.388. The highest BCUT2D eigenvalue weighted by Gasteiger charge is 2.22. The fourth-order valence-corrected chi connectivity index (χ4v) is 2.86. The molecule has 2 aromatic rings. The van der Waals surface area contributed by atoms with Gasteiger partial charge >= 0.3 is 5.97 Å². The number of rotatable bonds is 7. The molecule has 1 heterocycles. The predicted octanol–water partition coefficient (Wildman–Crippen LogP) is 3.18. The molecular weight excluding hydrogens is 328 g/mol. The summed E-state index contributed by atoms with van der Waals surface area (Å²) in [7, 11) is 0. The molecule has 0 aliphatic heterocycles. The number of para-hydroxylation sites is 1. The Morgan fingerprint density at radius 1 is 1.23 bits per heavy atom. The van der Waals surface area contributed by atoms with Crippen LogP contribution < -0.4 is 5.32 Å². The Bertz CT molecular complexity index is 817. The molecule has 1 aromatic heterocycles. The summed E-state index contributed by atoms with van der Waals surface area (Å²) in [5.74, 6) is -0.173. The number of hydrogen-bond acceptors (Lipinski definition) is 3. The van der Waals surface area contributed by atoms with Crippen LogP contribution in [0.4, 0.5) is 0 Å². The van der Waals surface area contributed by atoms with Crippen molar-refractivity contribution in [2.24, 2.45) is 5.92 Å². The molecule has 5 nitrogen and oxygen atoms in total. The fourth-order valence-electron chi connectivity index (χ4n) is 2.86. The Labute approximate surface area is 153 Å². The third-order valence-electron chi connectivity index (χ3n) is 4.48. The van der Waals surface area contributed by atoms with Crippen LogP contribution in [0, 0.1) is 19.8 Å². The van der Waals surface area contributed by atoms with Gasteiger partial charge in [-0.2, -0.15) is 0 Å². The van der Waals surface area contributed by atoms with Gasteiger partial charge in [-0.15, -0.1) is 0 Å². The van der Waals surface area contributed by atoms with E-state index in [1.807, 2.05) is 50.2 Å². The molecule has 3 rings (SSSR count). The van der Waals surface area contributed by atoms with Gasteiger partial charge in [0, 0.05) is 23.2 Å². The molecule has 5 heteroatoms. The zero-order valence-corrected chi connectivity index (χ0v) is 15.2. The van der Waals surface area contributed by atoms with Gasteiger partial charge in [0.05, 0.1) is 6.61 Å². The van der Waals surface area contributed by atoms with Gasteiger partial charge in [-0.1, -0.05) is 18.2 Å². The second-order valence-corrected chi connectivity index (χ2v) is 6.67. The molecule has 26 heavy (non-hydrogen) atoms. The molecule has 0 atom stereocenters. The normalized spacial score (nSPS) is 13.8. The first kappa shape index (κ1) is 18.0. The van der Waals surface area contributed by atoms with E-state index in [1.165, 1.54) is 6.08 Å². The maximum Gasteiger partial charge on any atom is 0.325 e. The molecule has 1 N–H and O–H groups in total. The summed E-state index contributed by atoms with van der Waals surface area (Å²) in [5, 5.41) is 2.56. The summed E-state index contributed by atoms with van der Waals surface area (Å²) in [6.07, 6.45) is 5.48. The summed E-state index contributed by atoms with van der Waals surface area (Å²) >= 11 is 0. The number of aromatic nitrogens is 1. The number of benzene rings is 1. The van der Waals surface area contributed by atoms with E-state index < -0.39 is 0 Å². The van der Waals surface area contributed by atoms with E-state index in [0.29, 0.717) is 12.5 Å². The van der Waals surface area contributed by atoms with Crippen molar-refractivity contribution in [1.82, 2.24) is 9.88 Å². The predicted molar refractivity (Wildman–Crippen MR) is 101 cm³/mol. The monoisotopic (exact) mass is 352 g/mol. The molecule has 0 radical (unpaired) electrons. The van der Waals surface area contributed by atoms with Crippen molar-refractivity contribution in [3.8, 4) is 5.69 Å². The van der Waals surface area contributed by atoms with Gasteiger partial charge in [0.25, 0.3) is 0 Å². The highest BCUT2D eigenvalue weighted by Crippen LogP contribution is 2.28. The van der Waals surface area contributed by atoms with E-state index in [0.717, 1.165) is 35.5 Å². The van der Waals surface area contributed by atoms with Gasteiger partial charge < -0.3 is 14.6 Å². The average molecular weight is 352 g/mol. The largest absolute Gasteiger partial charge is 0.464 e. The number of esters is 1. The fraction of sp³-hybridized carbons (Fsp3) is 0.333. The first-order chi connectivity index (χ1) is 12.5. The number of aryl methyl sites for hydroxylation is 1. The maximum atomic E-state index is 11.9. The van der Waals surface area contributed by atoms with Crippen molar-refractivity contribution in [3.05, 3.63) is 59.4 Å². The van der Waals surface area contributed by atoms with Crippen LogP contribution in [0.15, 0.2) is 42.5 Å². The Morgan fingerprint density at radius 2 is 1.96 bits per heavy atom. The van der Waals surface area contributed by atoms with Gasteiger partial charge in [0.1, 0.15) is 6.54 Å². The number of carbonyl (C=O) groups is 2. The molecule has 0 spiro atoms. The zero-order chi connectivity index (χ0) is 18.5. The van der Waals surface area contributed by atoms with E-state index in [1.54, 1.807) is 6.08 Å². The molecule has 1 aromatic carbocycles. The van der Waals surface area contributed by atoms with Crippen molar-refractivity contribution < 1.29 is 14.3 Å². The molecule has 1 aliphatic carbocycles. The summed E-state index contributed by atoms with van der Waals surface area (Å²) in [6.45, 7) is 4.43. The Morgan fingerprint density at radius 3 is 2.65 bits per heavy atom. The van der Waals surface area contributed by atoms with Gasteiger partial charge in [-0.25, -0.2) is 0 Å². The van der Waals surface area contributed by atoms with E-state index in [2.05, 4.69) is 9.88 Å². The highest BCUT2D eigenvalue weighted by molar-refractivity contribution is 5.93. The third-order valence-corrected chi connectivity index (χ3v) is 4.48. The third kappa shape index (κ3) is 4.63. The minimum absolute atomic E-state index is 0.0983. The Kier molecular flexibility index (Phi) is 5.56. The molecular formula is C21H24N2O3. The highest BCUT2D eigenvalue weighted by atomic mass is 16.5. The standard InChI is InChI=1S/C21H24N2O3/c1-15-12-18(16(2)23(15)19-6-4-3-5-7-19)10-11-20(24)22-13-21(25)26-14-17-8-9-17/h3-7,10-12,17H,8-9,13-14H2,1-2H3,(H,22,24)/b11-10+. The average Bonchev–Trinajstić information content (AvgIpc) is 3.42. The molecule has 0 bridgehead atoms. The maximum absolute atomic E-state index is 11.9. The van der Waals surface area contributed by atoms with Gasteiger partial charge in [0.2, 0.25) is 5.91 Å². The van der Waals surface area contributed by atoms with Crippen LogP contribution in [0.1, 0.15) is 29.8 Å². The van der Waals surface area contributed by atoms with E-state index in [9.17, 15) is 9.59 Å². The quantitative estimate of drug-likeness (QED) is 0.615. The van der Waals surface area contributed by atoms with Crippen molar-refractivity contribution >= 4 is 18.0 Å². The zero-order valence-electron chi connectivity index (χ0n) is 15.2. The Hall–Kier alpha value is -2.82. The summed E-state index contributed by atoms with van der Waals surface area (Å²) < 4.78 is 7.23. The number of nitrogens with one attached hydrogen (secondary N) is 1. The molecule has 1 fully saturated rings. The van der Waals surface area contributed by atoms with Crippen LogP contribution in [0.25, 0.3) is 11.8 Å². The number of carbonyl (C=O) groups excluding carboxylic acids is 2. The van der Waals surface area contributed by atoms with Crippen LogP contribution >= 0.6 is 0 Å². The van der Waals surface area contributed by atoms with E-state index >= 15 is 0 Å². The summed E-state index contributed by atoms with van der Waals surface area (Å²) in [4.78, 5) is 23.5. The van der Waals surface area contributed by atoms with Crippen LogP contribution in [0.2, 0.25) is 0 Å². The van der Waals surface area contributed by atoms with Crippen molar-refractivity contribution in [2.45, 2.75) is 26.7 Å². The lowest BCUT2D eigenvalue weighted by atomic mass is 10.2. The summed E-state index contributed by atoms with van der Waals surface area (Å²) in [6, 6.07) is 12.1. The van der Waals surface area contributed by atoms with Gasteiger partial charge in [-0.05, 0) is 62.4 Å². The lowest BCUT2D eigenvalue weighted by Gasteiger charge is -2.09. The molecule has 0 unspecified atom stereocenters. The summed E-state index contributed by atoms with van der Waals surface area (Å²) in [5.41, 5.74) is 4.21. The van der Waals surface area contributed by atoms with Gasteiger partial charge in [0.15, 0.2) is 0 Å². The molecule has 0 saturated heterocycles. The second-order valence-electron chi connectivity index (χ2n) is 6.67. The SMILES string of the molecule is Cc1cc(/C=C/C(=O)NCC(=O)OCC2CC2)c(C)n1-c1ccccc1. The minimum Gasteiger partial charge on any atom is -0.464 e. The molecule has 136 valence electrons. The number of amides is 1. The number of nitrogens with zero attached hydrogens (tertiary/aromatic N) is 1. The van der Waals surface area contributed by atoms with Crippen molar-refractivity contribution in [1.29, 1.82) is 0 Å². The smallest absolute Gasteiger partial charge is 0.325 e. The molecule has 1 aliphatic rings. The van der Waals surface area contributed by atoms with E-state index in [-0.39, 0.29) is 18.4 Å². The second kappa shape index (κ2) is 8.04. The van der Waals surface area contributed by atoms with Crippen LogP contribution in [-0.2, 0) is 14.3 Å². The van der Waals surface area contributed by atoms with Crippen molar-refractivity contribution in [2.75, 3.05) is 13.2 Å². The lowest BCUT2D eigenvalue weighted by Crippen LogP contribution is -2.29. The van der Waals surface area contributed by atoms with Crippen LogP contribution in [0.3, 0.4) is 0 Å². The first-order valence-corrected chi connectivity index (χ1v) is 8.90. The number of ether oxygens (including phenoxy) is 1. The van der Waals surface area contributed by atoms with Gasteiger partial charge in [-0.3, -0.25) is 9.59 Å². The molecule has 1 saturated carbocycles. The topological polar surface area (TPSA) is 60.3 Å². The Balaban J connectivity index is 1.57. The lowest BCUT2D eigenvalue weighted by molar-refractivity contribution is -0.144. The van der Waals surface area contributed by atoms with Crippen LogP contribution in [-0.4, -0.2) is 29.6 Å².